The fourth-order valence-electron chi connectivity index (χ4n) is 2.51. The molecule has 1 atom stereocenters. The Morgan fingerprint density at radius 1 is 1.44 bits per heavy atom. The molecule has 0 aromatic heterocycles. The van der Waals surface area contributed by atoms with Gasteiger partial charge in [-0.3, -0.25) is 9.69 Å². The van der Waals surface area contributed by atoms with Gasteiger partial charge in [-0.1, -0.05) is 0 Å². The molecule has 1 N–H and O–H groups in total. The maximum Gasteiger partial charge on any atom is 0.224 e. The first-order valence-electron chi connectivity index (χ1n) is 6.11. The highest BCUT2D eigenvalue weighted by molar-refractivity contribution is 5.77. The second kappa shape index (κ2) is 4.00. The van der Waals surface area contributed by atoms with Crippen LogP contribution in [-0.4, -0.2) is 41.8 Å². The first-order valence-corrected chi connectivity index (χ1v) is 6.11. The molecule has 0 saturated carbocycles. The first kappa shape index (κ1) is 11.9. The molecule has 16 heavy (non-hydrogen) atoms. The molecule has 92 valence electrons. The van der Waals surface area contributed by atoms with Gasteiger partial charge in [0.05, 0.1) is 13.0 Å². The molecular formula is C12H22N2O2. The van der Waals surface area contributed by atoms with E-state index < -0.39 is 5.72 Å². The van der Waals surface area contributed by atoms with Gasteiger partial charge in [0.1, 0.15) is 0 Å². The van der Waals surface area contributed by atoms with Crippen molar-refractivity contribution in [2.24, 2.45) is 0 Å². The van der Waals surface area contributed by atoms with Crippen LogP contribution >= 0.6 is 0 Å². The summed E-state index contributed by atoms with van der Waals surface area (Å²) in [5.41, 5.74) is -0.278. The third-order valence-corrected chi connectivity index (χ3v) is 3.48. The summed E-state index contributed by atoms with van der Waals surface area (Å²) in [5, 5.41) is 3.03. The van der Waals surface area contributed by atoms with Crippen molar-refractivity contribution in [2.75, 3.05) is 19.7 Å². The standard InChI is InChI=1S/C12H22N2O2/c1-11(2,3)14-7-4-6-12(9-14)13-10(15)5-8-16-12/h4-9H2,1-3H3,(H,13,15). The highest BCUT2D eigenvalue weighted by atomic mass is 16.5. The minimum atomic E-state index is -0.416. The summed E-state index contributed by atoms with van der Waals surface area (Å²) in [5.74, 6) is 0.127. The number of likely N-dealkylation sites (tertiary alicyclic amines) is 1. The van der Waals surface area contributed by atoms with Crippen LogP contribution in [0.2, 0.25) is 0 Å². The fourth-order valence-corrected chi connectivity index (χ4v) is 2.51. The van der Waals surface area contributed by atoms with E-state index in [9.17, 15) is 4.79 Å². The predicted molar refractivity (Wildman–Crippen MR) is 62.0 cm³/mol. The third-order valence-electron chi connectivity index (χ3n) is 3.48. The summed E-state index contributed by atoms with van der Waals surface area (Å²) < 4.78 is 5.83. The summed E-state index contributed by atoms with van der Waals surface area (Å²) in [6, 6.07) is 0. The van der Waals surface area contributed by atoms with E-state index in [1.807, 2.05) is 0 Å². The molecule has 2 fully saturated rings. The maximum absolute atomic E-state index is 11.5. The summed E-state index contributed by atoms with van der Waals surface area (Å²) in [7, 11) is 0. The molecular weight excluding hydrogens is 204 g/mol. The minimum Gasteiger partial charge on any atom is -0.354 e. The molecule has 0 bridgehead atoms. The summed E-state index contributed by atoms with van der Waals surface area (Å²) in [6.45, 7) is 9.07. The van der Waals surface area contributed by atoms with Gasteiger partial charge in [-0.05, 0) is 40.2 Å². The number of ether oxygens (including phenoxy) is 1. The summed E-state index contributed by atoms with van der Waals surface area (Å²) >= 11 is 0. The predicted octanol–water partition coefficient (Wildman–Crippen LogP) is 1.11. The number of hydrogen-bond donors (Lipinski definition) is 1. The Balaban J connectivity index is 2.08. The van der Waals surface area contributed by atoms with E-state index in [1.54, 1.807) is 0 Å². The number of amides is 1. The van der Waals surface area contributed by atoms with Crippen molar-refractivity contribution in [3.63, 3.8) is 0 Å². The maximum atomic E-state index is 11.5. The number of hydrogen-bond acceptors (Lipinski definition) is 3. The zero-order chi connectivity index (χ0) is 11.8. The van der Waals surface area contributed by atoms with Gasteiger partial charge in [-0.2, -0.15) is 0 Å². The van der Waals surface area contributed by atoms with Gasteiger partial charge in [-0.25, -0.2) is 0 Å². The van der Waals surface area contributed by atoms with Crippen molar-refractivity contribution >= 4 is 5.91 Å². The van der Waals surface area contributed by atoms with Crippen molar-refractivity contribution in [3.8, 4) is 0 Å². The Kier molecular flexibility index (Phi) is 2.97. The Hall–Kier alpha value is -0.610. The average Bonchev–Trinajstić information content (AvgIpc) is 2.16. The van der Waals surface area contributed by atoms with Gasteiger partial charge in [-0.15, -0.1) is 0 Å². The lowest BCUT2D eigenvalue weighted by molar-refractivity contribution is -0.165. The third kappa shape index (κ3) is 2.38. The summed E-state index contributed by atoms with van der Waals surface area (Å²) in [6.07, 6.45) is 2.51. The molecule has 1 unspecified atom stereocenters. The Labute approximate surface area is 97.3 Å². The van der Waals surface area contributed by atoms with Crippen molar-refractivity contribution < 1.29 is 9.53 Å². The molecule has 4 heteroatoms. The highest BCUT2D eigenvalue weighted by Crippen LogP contribution is 2.29. The van der Waals surface area contributed by atoms with Gasteiger partial charge in [0, 0.05) is 12.1 Å². The lowest BCUT2D eigenvalue weighted by atomic mass is 9.94. The Bertz CT molecular complexity index is 281. The molecule has 1 amide bonds. The van der Waals surface area contributed by atoms with Crippen LogP contribution in [0, 0.1) is 0 Å². The topological polar surface area (TPSA) is 41.6 Å². The van der Waals surface area contributed by atoms with Crippen LogP contribution < -0.4 is 5.32 Å². The summed E-state index contributed by atoms with van der Waals surface area (Å²) in [4.78, 5) is 13.9. The smallest absolute Gasteiger partial charge is 0.224 e. The molecule has 4 nitrogen and oxygen atoms in total. The number of carbonyl (C=O) groups is 1. The normalized spacial score (nSPS) is 32.8. The van der Waals surface area contributed by atoms with Crippen molar-refractivity contribution in [3.05, 3.63) is 0 Å². The van der Waals surface area contributed by atoms with E-state index in [0.29, 0.717) is 13.0 Å². The molecule has 0 radical (unpaired) electrons. The fraction of sp³-hybridized carbons (Fsp3) is 0.917. The van der Waals surface area contributed by atoms with Crippen LogP contribution in [0.3, 0.4) is 0 Å². The quantitative estimate of drug-likeness (QED) is 0.673. The minimum absolute atomic E-state index is 0.127. The molecule has 0 aliphatic carbocycles. The van der Waals surface area contributed by atoms with E-state index in [2.05, 4.69) is 31.0 Å². The average molecular weight is 226 g/mol. The van der Waals surface area contributed by atoms with E-state index in [4.69, 9.17) is 4.74 Å². The molecule has 2 saturated heterocycles. The Morgan fingerprint density at radius 3 is 2.81 bits per heavy atom. The van der Waals surface area contributed by atoms with Gasteiger partial charge >= 0.3 is 0 Å². The monoisotopic (exact) mass is 226 g/mol. The second-order valence-electron chi connectivity index (χ2n) is 5.84. The lowest BCUT2D eigenvalue weighted by Crippen LogP contribution is -2.65. The zero-order valence-electron chi connectivity index (χ0n) is 10.5. The van der Waals surface area contributed by atoms with Crippen LogP contribution in [0.5, 0.6) is 0 Å². The molecule has 2 aliphatic heterocycles. The molecule has 0 aromatic rings. The van der Waals surface area contributed by atoms with Gasteiger partial charge < -0.3 is 10.1 Å². The van der Waals surface area contributed by atoms with Gasteiger partial charge in [0.25, 0.3) is 0 Å². The first-order chi connectivity index (χ1) is 7.41. The van der Waals surface area contributed by atoms with Gasteiger partial charge in [0.2, 0.25) is 5.91 Å². The van der Waals surface area contributed by atoms with Crippen molar-refractivity contribution in [1.29, 1.82) is 0 Å². The van der Waals surface area contributed by atoms with Crippen LogP contribution in [-0.2, 0) is 9.53 Å². The van der Waals surface area contributed by atoms with Crippen LogP contribution in [0.25, 0.3) is 0 Å². The van der Waals surface area contributed by atoms with E-state index in [1.165, 1.54) is 0 Å². The van der Waals surface area contributed by atoms with Crippen molar-refractivity contribution in [2.45, 2.75) is 51.3 Å². The van der Waals surface area contributed by atoms with Crippen LogP contribution in [0.4, 0.5) is 0 Å². The number of nitrogens with one attached hydrogen (secondary N) is 1. The SMILES string of the molecule is CC(C)(C)N1CCCC2(C1)NC(=O)CCO2. The Morgan fingerprint density at radius 2 is 2.19 bits per heavy atom. The number of piperidine rings is 1. The largest absolute Gasteiger partial charge is 0.354 e. The second-order valence-corrected chi connectivity index (χ2v) is 5.84. The van der Waals surface area contributed by atoms with Crippen LogP contribution in [0.15, 0.2) is 0 Å². The zero-order valence-corrected chi connectivity index (χ0v) is 10.5. The molecule has 1 spiro atoms. The van der Waals surface area contributed by atoms with Crippen molar-refractivity contribution in [1.82, 2.24) is 10.2 Å². The number of carbonyl (C=O) groups excluding carboxylic acids is 1. The molecule has 2 rings (SSSR count). The number of nitrogens with zero attached hydrogens (tertiary/aromatic N) is 1. The van der Waals surface area contributed by atoms with E-state index >= 15 is 0 Å². The van der Waals surface area contributed by atoms with Crippen LogP contribution in [0.1, 0.15) is 40.0 Å². The highest BCUT2D eigenvalue weighted by Gasteiger charge is 2.42. The number of rotatable bonds is 0. The van der Waals surface area contributed by atoms with Gasteiger partial charge in [0.15, 0.2) is 5.72 Å². The lowest BCUT2D eigenvalue weighted by Gasteiger charge is -2.49. The van der Waals surface area contributed by atoms with E-state index in [0.717, 1.165) is 25.9 Å². The molecule has 0 aromatic carbocycles. The molecule has 2 heterocycles. The molecule has 2 aliphatic rings. The van der Waals surface area contributed by atoms with E-state index in [-0.39, 0.29) is 11.4 Å².